The van der Waals surface area contributed by atoms with Gasteiger partial charge in [0.05, 0.1) is 54.4 Å². The average molecular weight is 961 g/mol. The zero-order chi connectivity index (χ0) is 51.6. The molecule has 3 aromatic carbocycles. The predicted molar refractivity (Wildman–Crippen MR) is 283 cm³/mol. The van der Waals surface area contributed by atoms with Crippen LogP contribution in [0.15, 0.2) is 84.9 Å². The van der Waals surface area contributed by atoms with E-state index < -0.39 is 11.2 Å². The first kappa shape index (κ1) is 59.8. The lowest BCUT2D eigenvalue weighted by Crippen LogP contribution is -2.45. The number of hydrogen-bond donors (Lipinski definition) is 0. The van der Waals surface area contributed by atoms with E-state index in [0.717, 1.165) is 68.4 Å². The lowest BCUT2D eigenvalue weighted by molar-refractivity contribution is -0.151. The molecule has 0 aliphatic rings. The highest BCUT2D eigenvalue weighted by molar-refractivity contribution is 5.39. The Morgan fingerprint density at radius 3 is 1.22 bits per heavy atom. The quantitative estimate of drug-likeness (QED) is 0.0422. The van der Waals surface area contributed by atoms with Crippen molar-refractivity contribution in [2.45, 2.75) is 208 Å². The van der Waals surface area contributed by atoms with E-state index in [0.29, 0.717) is 46.1 Å². The molecule has 0 saturated carbocycles. The van der Waals surface area contributed by atoms with Crippen LogP contribution in [0.25, 0.3) is 0 Å². The van der Waals surface area contributed by atoms with E-state index in [1.165, 1.54) is 5.56 Å². The van der Waals surface area contributed by atoms with Crippen molar-refractivity contribution in [3.05, 3.63) is 96.1 Å². The van der Waals surface area contributed by atoms with Crippen molar-refractivity contribution in [1.82, 2.24) is 0 Å². The second-order valence-corrected chi connectivity index (χ2v) is 23.8. The van der Waals surface area contributed by atoms with E-state index in [1.54, 1.807) is 7.11 Å². The number of hydrogen-bond acceptors (Lipinski definition) is 9. The number of carbonyl (C=O) groups is 1. The second-order valence-electron chi connectivity index (χ2n) is 23.8. The van der Waals surface area contributed by atoms with E-state index in [1.807, 2.05) is 56.3 Å². The molecule has 69 heavy (non-hydrogen) atoms. The third-order valence-corrected chi connectivity index (χ3v) is 15.6. The molecule has 9 nitrogen and oxygen atoms in total. The highest BCUT2D eigenvalue weighted by atomic mass is 16.5. The SMILES string of the molecule is COC(C)(C)C(COC(C)(C)C(C)(C)CCCCOC(C)(C)CCOc1cccc(OCCC(C)(C)OCCCCC(C)(C)C(C)(C)OCC(c2ccccc2)C(C)(C)OC=O)c1)c1ccccc1. The number of carbonyl (C=O) groups excluding carboxylic acids is 1. The first-order valence-electron chi connectivity index (χ1n) is 25.8. The molecule has 0 spiro atoms. The summed E-state index contributed by atoms with van der Waals surface area (Å²) in [6.07, 6.45) is 7.57. The first-order chi connectivity index (χ1) is 32.1. The van der Waals surface area contributed by atoms with Gasteiger partial charge in [0.2, 0.25) is 0 Å². The maximum Gasteiger partial charge on any atom is 0.293 e. The lowest BCUT2D eigenvalue weighted by atomic mass is 9.73. The summed E-state index contributed by atoms with van der Waals surface area (Å²) in [6.45, 7) is 38.7. The third-order valence-electron chi connectivity index (χ3n) is 15.6. The van der Waals surface area contributed by atoms with E-state index in [2.05, 4.69) is 139 Å². The summed E-state index contributed by atoms with van der Waals surface area (Å²) in [5.41, 5.74) is -0.240. The Kier molecular flexibility index (Phi) is 22.8. The van der Waals surface area contributed by atoms with Gasteiger partial charge in [-0.3, -0.25) is 4.79 Å². The highest BCUT2D eigenvalue weighted by Crippen LogP contribution is 2.43. The number of ether oxygens (including phenoxy) is 8. The number of methoxy groups -OCH3 is 1. The lowest BCUT2D eigenvalue weighted by Gasteiger charge is -2.44. The zero-order valence-corrected chi connectivity index (χ0v) is 46.4. The van der Waals surface area contributed by atoms with Crippen LogP contribution >= 0.6 is 0 Å². The monoisotopic (exact) mass is 961 g/mol. The van der Waals surface area contributed by atoms with Gasteiger partial charge in [-0.15, -0.1) is 0 Å². The highest BCUT2D eigenvalue weighted by Gasteiger charge is 2.42. The molecule has 0 aromatic heterocycles. The molecule has 0 aliphatic carbocycles. The molecular weight excluding hydrogens is 865 g/mol. The molecule has 0 fully saturated rings. The zero-order valence-electron chi connectivity index (χ0n) is 46.4. The summed E-state index contributed by atoms with van der Waals surface area (Å²) >= 11 is 0. The molecule has 0 heterocycles. The number of unbranched alkanes of at least 4 members (excludes halogenated alkanes) is 2. The van der Waals surface area contributed by atoms with Crippen molar-refractivity contribution in [1.29, 1.82) is 0 Å². The average Bonchev–Trinajstić information content (AvgIpc) is 3.26. The van der Waals surface area contributed by atoms with E-state index >= 15 is 0 Å². The molecule has 0 aliphatic heterocycles. The van der Waals surface area contributed by atoms with Gasteiger partial charge in [-0.05, 0) is 143 Å². The molecule has 3 aromatic rings. The minimum absolute atomic E-state index is 0.0323. The smallest absolute Gasteiger partial charge is 0.293 e. The summed E-state index contributed by atoms with van der Waals surface area (Å²) in [5.74, 6) is 1.58. The fourth-order valence-electron chi connectivity index (χ4n) is 8.35. The topological polar surface area (TPSA) is 90.9 Å². The molecule has 9 heteroatoms. The fourth-order valence-corrected chi connectivity index (χ4v) is 8.35. The van der Waals surface area contributed by atoms with Crippen LogP contribution in [0.5, 0.6) is 11.5 Å². The number of rotatable bonds is 35. The van der Waals surface area contributed by atoms with Crippen molar-refractivity contribution in [3.8, 4) is 11.5 Å². The Balaban J connectivity index is 1.34. The van der Waals surface area contributed by atoms with Gasteiger partial charge in [-0.1, -0.05) is 107 Å². The minimum atomic E-state index is -0.710. The molecule has 0 bridgehead atoms. The second kappa shape index (κ2) is 26.3. The summed E-state index contributed by atoms with van der Waals surface area (Å²) in [7, 11) is 1.78. The van der Waals surface area contributed by atoms with Crippen LogP contribution in [0.2, 0.25) is 0 Å². The van der Waals surface area contributed by atoms with Crippen LogP contribution in [0, 0.1) is 10.8 Å². The largest absolute Gasteiger partial charge is 0.493 e. The fraction of sp³-hybridized carbons (Fsp3) is 0.683. The van der Waals surface area contributed by atoms with E-state index in [4.69, 9.17) is 37.9 Å². The molecule has 0 amide bonds. The van der Waals surface area contributed by atoms with Crippen molar-refractivity contribution in [3.63, 3.8) is 0 Å². The molecule has 390 valence electrons. The predicted octanol–water partition coefficient (Wildman–Crippen LogP) is 14.7. The maximum absolute atomic E-state index is 11.3. The van der Waals surface area contributed by atoms with Gasteiger partial charge < -0.3 is 37.9 Å². The molecule has 2 unspecified atom stereocenters. The Morgan fingerprint density at radius 2 is 0.841 bits per heavy atom. The van der Waals surface area contributed by atoms with Crippen molar-refractivity contribution < 1.29 is 42.7 Å². The van der Waals surface area contributed by atoms with E-state index in [-0.39, 0.29) is 45.1 Å². The van der Waals surface area contributed by atoms with Crippen LogP contribution in [0.4, 0.5) is 0 Å². The van der Waals surface area contributed by atoms with Gasteiger partial charge in [0, 0.05) is 51.1 Å². The van der Waals surface area contributed by atoms with Gasteiger partial charge in [0.25, 0.3) is 6.47 Å². The Labute approximate surface area is 420 Å². The third kappa shape index (κ3) is 19.6. The first-order valence-corrected chi connectivity index (χ1v) is 25.8. The Bertz CT molecular complexity index is 1900. The normalized spacial score (nSPS) is 14.3. The number of benzene rings is 3. The maximum atomic E-state index is 11.3. The summed E-state index contributed by atoms with van der Waals surface area (Å²) in [6, 6.07) is 28.6. The van der Waals surface area contributed by atoms with Gasteiger partial charge in [0.1, 0.15) is 17.1 Å². The summed E-state index contributed by atoms with van der Waals surface area (Å²) in [4.78, 5) is 11.3. The van der Waals surface area contributed by atoms with Crippen LogP contribution in [-0.4, -0.2) is 86.8 Å². The van der Waals surface area contributed by atoms with Gasteiger partial charge >= 0.3 is 0 Å². The Hall–Kier alpha value is -3.47. The minimum Gasteiger partial charge on any atom is -0.493 e. The van der Waals surface area contributed by atoms with Crippen LogP contribution < -0.4 is 9.47 Å². The van der Waals surface area contributed by atoms with Gasteiger partial charge in [-0.25, -0.2) is 0 Å². The molecule has 0 N–H and O–H groups in total. The standard InChI is InChI=1S/C60H96O9/c1-53(2,59(13,14)67-44-51(57(9,10)62-17)47-29-20-18-21-30-47)35-24-26-39-65-55(5,6)37-41-63-49-33-28-34-50(43-49)64-42-38-56(7,8)66-40-27-25-36-54(3,4)60(15,16)68-45-52(58(11,12)69-46-61)48-31-22-19-23-32-48/h18-23,28-34,43,46,51-52H,24-27,35-42,44-45H2,1-17H3. The molecule has 3 rings (SSSR count). The summed E-state index contributed by atoms with van der Waals surface area (Å²) in [5, 5.41) is 0. The van der Waals surface area contributed by atoms with Crippen molar-refractivity contribution in [2.75, 3.05) is 46.8 Å². The van der Waals surface area contributed by atoms with Crippen LogP contribution in [0.1, 0.15) is 185 Å². The molecule has 0 radical (unpaired) electrons. The van der Waals surface area contributed by atoms with Crippen molar-refractivity contribution >= 4 is 6.47 Å². The van der Waals surface area contributed by atoms with Gasteiger partial charge in [-0.2, -0.15) is 0 Å². The van der Waals surface area contributed by atoms with Crippen LogP contribution in [-0.2, 0) is 33.2 Å². The molecule has 0 saturated heterocycles. The Morgan fingerprint density at radius 1 is 0.449 bits per heavy atom. The van der Waals surface area contributed by atoms with Gasteiger partial charge in [0.15, 0.2) is 0 Å². The van der Waals surface area contributed by atoms with Crippen LogP contribution in [0.3, 0.4) is 0 Å². The summed E-state index contributed by atoms with van der Waals surface area (Å²) < 4.78 is 50.0. The molecular formula is C60H96O9. The van der Waals surface area contributed by atoms with Crippen molar-refractivity contribution in [2.24, 2.45) is 10.8 Å². The molecule has 2 atom stereocenters. The van der Waals surface area contributed by atoms with E-state index in [9.17, 15) is 4.79 Å².